The van der Waals surface area contributed by atoms with Crippen LogP contribution in [-0.4, -0.2) is 12.6 Å². The summed E-state index contributed by atoms with van der Waals surface area (Å²) in [6, 6.07) is 35.9. The first-order chi connectivity index (χ1) is 22.0. The summed E-state index contributed by atoms with van der Waals surface area (Å²) in [5.74, 6) is 1.77. The molecule has 46 heavy (non-hydrogen) atoms. The number of benzene rings is 5. The van der Waals surface area contributed by atoms with Gasteiger partial charge in [0.05, 0.1) is 15.1 Å². The van der Waals surface area contributed by atoms with Crippen LogP contribution in [0.5, 0.6) is 0 Å². The standard InChI is InChI=1S/C42H45N2OSi/c1-26(2)34-24-30(29-19-21-31(22-20-29)46(7,8)9)25-35(27(3)4)40(34)44-37-16-12-11-15-36(37)43(6)42(44)39-28(5)18-23-33-32-14-10-13-17-38(32)45-41(33)39/h10-27H,1-9H3/q+1. The zero-order valence-electron chi connectivity index (χ0n) is 28.7. The van der Waals surface area contributed by atoms with E-state index in [0.717, 1.165) is 33.3 Å². The maximum Gasteiger partial charge on any atom is 0.299 e. The van der Waals surface area contributed by atoms with E-state index >= 15 is 0 Å². The summed E-state index contributed by atoms with van der Waals surface area (Å²) >= 11 is 0. The van der Waals surface area contributed by atoms with Crippen molar-refractivity contribution in [3.05, 3.63) is 114 Å². The van der Waals surface area contributed by atoms with Crippen molar-refractivity contribution < 1.29 is 8.98 Å². The number of aryl methyl sites for hydroxylation is 2. The molecule has 0 bridgehead atoms. The molecule has 5 aromatic carbocycles. The second-order valence-electron chi connectivity index (χ2n) is 14.6. The van der Waals surface area contributed by atoms with Gasteiger partial charge >= 0.3 is 0 Å². The number of rotatable bonds is 6. The summed E-state index contributed by atoms with van der Waals surface area (Å²) < 4.78 is 11.6. The van der Waals surface area contributed by atoms with Crippen LogP contribution in [0.1, 0.15) is 56.2 Å². The van der Waals surface area contributed by atoms with E-state index in [1.54, 1.807) is 0 Å². The van der Waals surface area contributed by atoms with Crippen molar-refractivity contribution in [1.29, 1.82) is 0 Å². The van der Waals surface area contributed by atoms with Gasteiger partial charge in [-0.1, -0.05) is 119 Å². The van der Waals surface area contributed by atoms with Crippen LogP contribution in [0, 0.1) is 6.92 Å². The van der Waals surface area contributed by atoms with Crippen LogP contribution >= 0.6 is 0 Å². The Kier molecular flexibility index (Phi) is 7.32. The monoisotopic (exact) mass is 621 g/mol. The fraction of sp³-hybridized carbons (Fsp3) is 0.262. The van der Waals surface area contributed by atoms with Crippen LogP contribution in [-0.2, 0) is 7.05 Å². The van der Waals surface area contributed by atoms with E-state index < -0.39 is 8.07 Å². The molecule has 0 atom stereocenters. The number of furan rings is 1. The molecule has 0 amide bonds. The van der Waals surface area contributed by atoms with Crippen molar-refractivity contribution in [2.75, 3.05) is 0 Å². The number of para-hydroxylation sites is 3. The molecule has 0 saturated heterocycles. The zero-order chi connectivity index (χ0) is 32.5. The van der Waals surface area contributed by atoms with Crippen LogP contribution in [0.15, 0.2) is 101 Å². The molecule has 0 unspecified atom stereocenters. The Morgan fingerprint density at radius 3 is 1.98 bits per heavy atom. The minimum Gasteiger partial charge on any atom is -0.455 e. The Morgan fingerprint density at radius 2 is 1.33 bits per heavy atom. The van der Waals surface area contributed by atoms with E-state index in [1.165, 1.54) is 49.7 Å². The average Bonchev–Trinajstić information content (AvgIpc) is 3.55. The first-order valence-corrected chi connectivity index (χ1v) is 20.2. The molecule has 7 aromatic rings. The van der Waals surface area contributed by atoms with Gasteiger partial charge in [-0.15, -0.1) is 0 Å². The summed E-state index contributed by atoms with van der Waals surface area (Å²) in [5.41, 5.74) is 13.2. The van der Waals surface area contributed by atoms with E-state index in [-0.39, 0.29) is 0 Å². The number of imidazole rings is 1. The Hall–Kier alpha value is -4.41. The third kappa shape index (κ3) is 4.82. The summed E-state index contributed by atoms with van der Waals surface area (Å²) in [6.07, 6.45) is 0. The van der Waals surface area contributed by atoms with Crippen LogP contribution in [0.2, 0.25) is 19.6 Å². The van der Waals surface area contributed by atoms with Crippen molar-refractivity contribution in [3.8, 4) is 28.2 Å². The molecular formula is C42H45N2OSi+. The first-order valence-electron chi connectivity index (χ1n) is 16.7. The summed E-state index contributed by atoms with van der Waals surface area (Å²) in [6.45, 7) is 18.8. The fourth-order valence-electron chi connectivity index (χ4n) is 7.13. The molecule has 0 saturated carbocycles. The number of hydrogen-bond acceptors (Lipinski definition) is 1. The highest BCUT2D eigenvalue weighted by atomic mass is 28.3. The van der Waals surface area contributed by atoms with Gasteiger partial charge in [0, 0.05) is 21.9 Å². The van der Waals surface area contributed by atoms with E-state index in [2.05, 4.69) is 168 Å². The predicted octanol–water partition coefficient (Wildman–Crippen LogP) is 10.8. The lowest BCUT2D eigenvalue weighted by molar-refractivity contribution is -0.633. The predicted molar refractivity (Wildman–Crippen MR) is 198 cm³/mol. The second-order valence-corrected chi connectivity index (χ2v) is 19.7. The van der Waals surface area contributed by atoms with Gasteiger partial charge in [0.2, 0.25) is 0 Å². The Morgan fingerprint density at radius 1 is 0.696 bits per heavy atom. The van der Waals surface area contributed by atoms with Crippen molar-refractivity contribution in [2.45, 2.75) is 66.1 Å². The number of fused-ring (bicyclic) bond motifs is 4. The van der Waals surface area contributed by atoms with Gasteiger partial charge in [-0.25, -0.2) is 4.57 Å². The molecule has 0 spiro atoms. The van der Waals surface area contributed by atoms with Crippen molar-refractivity contribution in [1.82, 2.24) is 4.57 Å². The second kappa shape index (κ2) is 11.1. The molecular weight excluding hydrogens is 577 g/mol. The number of hydrogen-bond donors (Lipinski definition) is 0. The van der Waals surface area contributed by atoms with Crippen LogP contribution in [0.4, 0.5) is 0 Å². The lowest BCUT2D eigenvalue weighted by Crippen LogP contribution is -2.37. The Balaban J connectivity index is 1.58. The molecule has 232 valence electrons. The molecule has 0 aliphatic heterocycles. The van der Waals surface area contributed by atoms with Crippen LogP contribution < -0.4 is 9.75 Å². The normalized spacial score (nSPS) is 12.4. The first kappa shape index (κ1) is 30.3. The average molecular weight is 622 g/mol. The molecule has 0 aliphatic rings. The van der Waals surface area contributed by atoms with Gasteiger partial charge in [-0.3, -0.25) is 0 Å². The topological polar surface area (TPSA) is 21.9 Å². The third-order valence-corrected chi connectivity index (χ3v) is 11.8. The van der Waals surface area contributed by atoms with Gasteiger partial charge in [-0.2, -0.15) is 4.57 Å². The van der Waals surface area contributed by atoms with Gasteiger partial charge in [0.1, 0.15) is 16.8 Å². The maximum atomic E-state index is 6.70. The molecule has 0 N–H and O–H groups in total. The highest BCUT2D eigenvalue weighted by Crippen LogP contribution is 2.43. The van der Waals surface area contributed by atoms with E-state index in [4.69, 9.17) is 4.42 Å². The Labute approximate surface area is 274 Å². The summed E-state index contributed by atoms with van der Waals surface area (Å²) in [5, 5.41) is 3.80. The molecule has 2 aromatic heterocycles. The van der Waals surface area contributed by atoms with Gasteiger partial charge in [0.15, 0.2) is 16.6 Å². The molecule has 2 heterocycles. The largest absolute Gasteiger partial charge is 0.455 e. The van der Waals surface area contributed by atoms with Crippen LogP contribution in [0.3, 0.4) is 0 Å². The SMILES string of the molecule is Cc1ccc2c(oc3ccccc32)c1-c1n(-c2c(C(C)C)cc(-c3ccc([Si](C)(C)C)cc3)cc2C(C)C)c2ccccc2[n+]1C. The van der Waals surface area contributed by atoms with Gasteiger partial charge in [0.25, 0.3) is 5.82 Å². The van der Waals surface area contributed by atoms with Crippen molar-refractivity contribution >= 4 is 46.2 Å². The van der Waals surface area contributed by atoms with Gasteiger partial charge in [-0.05, 0) is 65.8 Å². The molecule has 4 heteroatoms. The lowest BCUT2D eigenvalue weighted by Gasteiger charge is -2.21. The summed E-state index contributed by atoms with van der Waals surface area (Å²) in [7, 11) is 0.823. The van der Waals surface area contributed by atoms with Crippen molar-refractivity contribution in [3.63, 3.8) is 0 Å². The number of aromatic nitrogens is 2. The quantitative estimate of drug-likeness (QED) is 0.134. The third-order valence-electron chi connectivity index (χ3n) is 9.71. The lowest BCUT2D eigenvalue weighted by atomic mass is 9.88. The number of nitrogens with zero attached hydrogens (tertiary/aromatic N) is 2. The molecule has 0 aliphatic carbocycles. The van der Waals surface area contributed by atoms with Crippen molar-refractivity contribution in [2.24, 2.45) is 7.05 Å². The molecule has 0 fully saturated rings. The van der Waals surface area contributed by atoms with Gasteiger partial charge < -0.3 is 4.42 Å². The molecule has 7 rings (SSSR count). The highest BCUT2D eigenvalue weighted by Gasteiger charge is 2.34. The Bertz CT molecular complexity index is 2230. The molecule has 0 radical (unpaired) electrons. The minimum atomic E-state index is -1.38. The molecule has 3 nitrogen and oxygen atoms in total. The maximum absolute atomic E-state index is 6.70. The van der Waals surface area contributed by atoms with E-state index in [1.807, 2.05) is 0 Å². The summed E-state index contributed by atoms with van der Waals surface area (Å²) in [4.78, 5) is 0. The van der Waals surface area contributed by atoms with E-state index in [9.17, 15) is 0 Å². The van der Waals surface area contributed by atoms with Crippen LogP contribution in [0.25, 0.3) is 61.2 Å². The minimum absolute atomic E-state index is 0.316. The zero-order valence-corrected chi connectivity index (χ0v) is 29.7. The smallest absolute Gasteiger partial charge is 0.299 e. The van der Waals surface area contributed by atoms with E-state index in [0.29, 0.717) is 11.8 Å². The highest BCUT2D eigenvalue weighted by molar-refractivity contribution is 6.88. The fourth-order valence-corrected chi connectivity index (χ4v) is 8.30.